The number of aryl methyl sites for hydroxylation is 2. The fourth-order valence-corrected chi connectivity index (χ4v) is 4.04. The summed E-state index contributed by atoms with van der Waals surface area (Å²) in [6, 6.07) is 14.5. The van der Waals surface area contributed by atoms with Gasteiger partial charge in [-0.15, -0.1) is 0 Å². The Morgan fingerprint density at radius 2 is 1.97 bits per heavy atom. The molecule has 168 valence electrons. The molecule has 0 saturated heterocycles. The lowest BCUT2D eigenvalue weighted by atomic mass is 10.0. The van der Waals surface area contributed by atoms with Crippen molar-refractivity contribution in [2.75, 3.05) is 13.7 Å². The zero-order chi connectivity index (χ0) is 23.1. The van der Waals surface area contributed by atoms with Gasteiger partial charge in [-0.1, -0.05) is 37.3 Å². The summed E-state index contributed by atoms with van der Waals surface area (Å²) in [6.45, 7) is 7.79. The predicted octanol–water partition coefficient (Wildman–Crippen LogP) is 4.95. The van der Waals surface area contributed by atoms with Crippen LogP contribution in [0.1, 0.15) is 48.7 Å². The molecule has 0 atom stereocenters. The monoisotopic (exact) mass is 432 g/mol. The van der Waals surface area contributed by atoms with Crippen molar-refractivity contribution in [1.29, 1.82) is 5.26 Å². The maximum atomic E-state index is 13.0. The predicted molar refractivity (Wildman–Crippen MR) is 126 cm³/mol. The minimum absolute atomic E-state index is 0.0861. The molecule has 3 aromatic rings. The first-order chi connectivity index (χ1) is 15.5. The Balaban J connectivity index is 1.73. The number of carbonyl (C=O) groups excluding carboxylic acids is 1. The highest BCUT2D eigenvalue weighted by atomic mass is 16.5. The zero-order valence-electron chi connectivity index (χ0n) is 19.5. The van der Waals surface area contributed by atoms with E-state index in [2.05, 4.69) is 36.3 Å². The van der Waals surface area contributed by atoms with E-state index < -0.39 is 0 Å². The third-order valence-corrected chi connectivity index (χ3v) is 5.84. The maximum absolute atomic E-state index is 13.0. The molecule has 0 fully saturated rings. The molecular weight excluding hydrogens is 400 g/mol. The van der Waals surface area contributed by atoms with Gasteiger partial charge in [-0.05, 0) is 49.1 Å². The molecule has 6 heteroatoms. The molecule has 3 rings (SSSR count). The molecule has 0 N–H and O–H groups in total. The minimum Gasteiger partial charge on any atom is -0.493 e. The summed E-state index contributed by atoms with van der Waals surface area (Å²) < 4.78 is 7.87. The Hall–Kier alpha value is -3.33. The first-order valence-electron chi connectivity index (χ1n) is 11.2. The summed E-state index contributed by atoms with van der Waals surface area (Å²) in [5.41, 5.74) is 4.11. The van der Waals surface area contributed by atoms with Crippen molar-refractivity contribution in [3.8, 4) is 11.8 Å². The van der Waals surface area contributed by atoms with Gasteiger partial charge in [0.15, 0.2) is 0 Å². The summed E-state index contributed by atoms with van der Waals surface area (Å²) in [5, 5.41) is 15.6. The van der Waals surface area contributed by atoms with Gasteiger partial charge in [-0.2, -0.15) is 10.4 Å². The molecule has 0 aliphatic carbocycles. The number of hydrogen-bond acceptors (Lipinski definition) is 4. The highest BCUT2D eigenvalue weighted by molar-refractivity contribution is 5.88. The number of nitrogens with zero attached hydrogens (tertiary/aromatic N) is 4. The molecule has 0 aliphatic rings. The number of amides is 1. The van der Waals surface area contributed by atoms with Crippen LogP contribution in [0.3, 0.4) is 0 Å². The summed E-state index contributed by atoms with van der Waals surface area (Å²) in [4.78, 5) is 14.8. The fraction of sp³-hybridized carbons (Fsp3) is 0.423. The summed E-state index contributed by atoms with van der Waals surface area (Å²) in [7, 11) is 1.85. The fourth-order valence-electron chi connectivity index (χ4n) is 4.04. The molecule has 32 heavy (non-hydrogen) atoms. The summed E-state index contributed by atoms with van der Waals surface area (Å²) >= 11 is 0. The van der Waals surface area contributed by atoms with Crippen LogP contribution < -0.4 is 4.74 Å². The van der Waals surface area contributed by atoms with Gasteiger partial charge in [0, 0.05) is 31.3 Å². The Bertz CT molecular complexity index is 1130. The second-order valence-electron chi connectivity index (χ2n) is 8.14. The second-order valence-corrected chi connectivity index (χ2v) is 8.14. The maximum Gasteiger partial charge on any atom is 0.222 e. The minimum atomic E-state index is 0.0861. The van der Waals surface area contributed by atoms with Gasteiger partial charge in [0.05, 0.1) is 31.3 Å². The SMILES string of the molecule is CCCOc1ccc2ccccc2c1CN(C)C(=O)CCc1c(C)nn(CCC#N)c1C. The van der Waals surface area contributed by atoms with Crippen LogP contribution in [-0.4, -0.2) is 34.2 Å². The van der Waals surface area contributed by atoms with Crippen LogP contribution in [0.5, 0.6) is 5.75 Å². The van der Waals surface area contributed by atoms with E-state index >= 15 is 0 Å². The van der Waals surface area contributed by atoms with E-state index in [1.165, 1.54) is 0 Å². The van der Waals surface area contributed by atoms with Crippen molar-refractivity contribution in [3.63, 3.8) is 0 Å². The molecule has 0 spiro atoms. The van der Waals surface area contributed by atoms with Crippen LogP contribution in [0.4, 0.5) is 0 Å². The zero-order valence-corrected chi connectivity index (χ0v) is 19.5. The van der Waals surface area contributed by atoms with E-state index in [0.29, 0.717) is 39.0 Å². The van der Waals surface area contributed by atoms with E-state index in [1.54, 1.807) is 4.90 Å². The summed E-state index contributed by atoms with van der Waals surface area (Å²) in [5.74, 6) is 0.929. The normalized spacial score (nSPS) is 10.8. The number of fused-ring (bicyclic) bond motifs is 1. The number of ether oxygens (including phenoxy) is 1. The van der Waals surface area contributed by atoms with Gasteiger partial charge in [0.2, 0.25) is 5.91 Å². The second kappa shape index (κ2) is 10.8. The van der Waals surface area contributed by atoms with E-state index in [4.69, 9.17) is 10.00 Å². The van der Waals surface area contributed by atoms with Crippen molar-refractivity contribution in [1.82, 2.24) is 14.7 Å². The summed E-state index contributed by atoms with van der Waals surface area (Å²) in [6.07, 6.45) is 2.42. The molecule has 1 heterocycles. The first kappa shape index (κ1) is 23.3. The van der Waals surface area contributed by atoms with Crippen LogP contribution in [0, 0.1) is 25.2 Å². The molecule has 0 aliphatic heterocycles. The van der Waals surface area contributed by atoms with Gasteiger partial charge in [-0.25, -0.2) is 0 Å². The lowest BCUT2D eigenvalue weighted by molar-refractivity contribution is -0.130. The molecule has 0 saturated carbocycles. The standard InChI is InChI=1S/C26H32N4O2/c1-5-17-32-25-13-11-21-9-6-7-10-23(21)24(25)18-29(4)26(31)14-12-22-19(2)28-30(20(22)3)16-8-15-27/h6-7,9-11,13H,5,8,12,14,16-18H2,1-4H3. The van der Waals surface area contributed by atoms with Crippen LogP contribution >= 0.6 is 0 Å². The van der Waals surface area contributed by atoms with Gasteiger partial charge < -0.3 is 9.64 Å². The molecule has 1 amide bonds. The van der Waals surface area contributed by atoms with Crippen molar-refractivity contribution >= 4 is 16.7 Å². The number of benzene rings is 2. The quantitative estimate of drug-likeness (QED) is 0.455. The van der Waals surface area contributed by atoms with E-state index in [0.717, 1.165) is 45.5 Å². The molecule has 0 radical (unpaired) electrons. The van der Waals surface area contributed by atoms with Crippen molar-refractivity contribution in [2.24, 2.45) is 0 Å². The van der Waals surface area contributed by atoms with E-state index in [9.17, 15) is 4.79 Å². The van der Waals surface area contributed by atoms with Gasteiger partial charge in [0.25, 0.3) is 0 Å². The highest BCUT2D eigenvalue weighted by Gasteiger charge is 2.17. The van der Waals surface area contributed by atoms with Crippen molar-refractivity contribution in [3.05, 3.63) is 58.9 Å². The lowest BCUT2D eigenvalue weighted by Gasteiger charge is -2.21. The first-order valence-corrected chi connectivity index (χ1v) is 11.2. The van der Waals surface area contributed by atoms with Gasteiger partial charge in [-0.3, -0.25) is 9.48 Å². The Kier molecular flexibility index (Phi) is 7.88. The third kappa shape index (κ3) is 5.28. The number of nitriles is 1. The number of carbonyl (C=O) groups is 1. The number of aromatic nitrogens is 2. The lowest BCUT2D eigenvalue weighted by Crippen LogP contribution is -2.27. The Labute approximate surface area is 190 Å². The molecule has 0 unspecified atom stereocenters. The van der Waals surface area contributed by atoms with Crippen LogP contribution in [-0.2, 0) is 24.3 Å². The number of hydrogen-bond donors (Lipinski definition) is 0. The highest BCUT2D eigenvalue weighted by Crippen LogP contribution is 2.29. The number of rotatable bonds is 10. The van der Waals surface area contributed by atoms with Gasteiger partial charge >= 0.3 is 0 Å². The van der Waals surface area contributed by atoms with Crippen molar-refractivity contribution < 1.29 is 9.53 Å². The molecule has 2 aromatic carbocycles. The topological polar surface area (TPSA) is 71.2 Å². The Morgan fingerprint density at radius 3 is 2.72 bits per heavy atom. The van der Waals surface area contributed by atoms with Crippen molar-refractivity contribution in [2.45, 2.75) is 59.5 Å². The average molecular weight is 433 g/mol. The molecule has 0 bridgehead atoms. The van der Waals surface area contributed by atoms with Gasteiger partial charge in [0.1, 0.15) is 5.75 Å². The van der Waals surface area contributed by atoms with E-state index in [1.807, 2.05) is 43.8 Å². The van der Waals surface area contributed by atoms with E-state index in [-0.39, 0.29) is 5.91 Å². The molecular formula is C26H32N4O2. The molecule has 1 aromatic heterocycles. The van der Waals surface area contributed by atoms with Crippen LogP contribution in [0.15, 0.2) is 36.4 Å². The smallest absolute Gasteiger partial charge is 0.222 e. The molecule has 6 nitrogen and oxygen atoms in total. The average Bonchev–Trinajstić information content (AvgIpc) is 3.07. The third-order valence-electron chi connectivity index (χ3n) is 5.84. The van der Waals surface area contributed by atoms with Crippen LogP contribution in [0.2, 0.25) is 0 Å². The largest absolute Gasteiger partial charge is 0.493 e. The van der Waals surface area contributed by atoms with Crippen LogP contribution in [0.25, 0.3) is 10.8 Å². The Morgan fingerprint density at radius 1 is 1.19 bits per heavy atom.